The van der Waals surface area contributed by atoms with Gasteiger partial charge in [0.25, 0.3) is 0 Å². The van der Waals surface area contributed by atoms with Gasteiger partial charge in [-0.25, -0.2) is 9.78 Å². The Kier molecular flexibility index (Phi) is 3.54. The van der Waals surface area contributed by atoms with Crippen molar-refractivity contribution in [2.45, 2.75) is 6.61 Å². The summed E-state index contributed by atoms with van der Waals surface area (Å²) in [4.78, 5) is 14.6. The minimum absolute atomic E-state index is 0.0780. The maximum absolute atomic E-state index is 10.8. The van der Waals surface area contributed by atoms with Gasteiger partial charge in [-0.1, -0.05) is 18.2 Å². The van der Waals surface area contributed by atoms with Crippen LogP contribution in [-0.4, -0.2) is 21.2 Å². The van der Waals surface area contributed by atoms with E-state index in [4.69, 9.17) is 14.9 Å². The lowest BCUT2D eigenvalue weighted by Gasteiger charge is -2.06. The van der Waals surface area contributed by atoms with Crippen LogP contribution in [0.25, 0.3) is 0 Å². The number of hydrogen-bond donors (Lipinski definition) is 2. The van der Waals surface area contributed by atoms with E-state index in [0.717, 1.165) is 0 Å². The third-order valence-corrected chi connectivity index (χ3v) is 2.25. The molecule has 0 saturated carbocycles. The zero-order valence-corrected chi connectivity index (χ0v) is 9.41. The first-order valence-corrected chi connectivity index (χ1v) is 5.27. The Bertz CT molecular complexity index is 568. The lowest BCUT2D eigenvalue weighted by Crippen LogP contribution is -2.00. The molecule has 0 aliphatic rings. The van der Waals surface area contributed by atoms with Crippen molar-refractivity contribution in [1.29, 1.82) is 0 Å². The van der Waals surface area contributed by atoms with E-state index >= 15 is 0 Å². The van der Waals surface area contributed by atoms with Gasteiger partial charge in [0, 0.05) is 6.07 Å². The lowest BCUT2D eigenvalue weighted by atomic mass is 10.2. The lowest BCUT2D eigenvalue weighted by molar-refractivity contribution is 0.0689. The smallest absolute Gasteiger partial charge is 0.354 e. The molecule has 0 atom stereocenters. The summed E-state index contributed by atoms with van der Waals surface area (Å²) >= 11 is 0. The first-order valence-electron chi connectivity index (χ1n) is 5.27. The van der Waals surface area contributed by atoms with Crippen LogP contribution in [0.3, 0.4) is 0 Å². The van der Waals surface area contributed by atoms with Crippen LogP contribution in [0.2, 0.25) is 0 Å². The number of carboxylic acids is 1. The van der Waals surface area contributed by atoms with Gasteiger partial charge < -0.3 is 14.9 Å². The minimum atomic E-state index is -1.11. The van der Waals surface area contributed by atoms with Crippen LogP contribution in [0, 0.1) is 0 Å². The molecule has 0 amide bonds. The normalized spacial score (nSPS) is 10.1. The molecule has 0 fully saturated rings. The first-order chi connectivity index (χ1) is 8.69. The van der Waals surface area contributed by atoms with Gasteiger partial charge in [-0.3, -0.25) is 0 Å². The molecule has 5 heteroatoms. The van der Waals surface area contributed by atoms with Crippen LogP contribution >= 0.6 is 0 Å². The van der Waals surface area contributed by atoms with Gasteiger partial charge in [-0.2, -0.15) is 0 Å². The average molecular weight is 245 g/mol. The van der Waals surface area contributed by atoms with Gasteiger partial charge >= 0.3 is 5.97 Å². The molecule has 0 aliphatic carbocycles. The zero-order valence-electron chi connectivity index (χ0n) is 9.41. The summed E-state index contributed by atoms with van der Waals surface area (Å²) in [5.41, 5.74) is 0.632. The Labute approximate surface area is 103 Å². The van der Waals surface area contributed by atoms with E-state index in [1.54, 1.807) is 36.4 Å². The second-order valence-electron chi connectivity index (χ2n) is 3.57. The summed E-state index contributed by atoms with van der Waals surface area (Å²) in [5.74, 6) is -0.411. The zero-order chi connectivity index (χ0) is 13.0. The summed E-state index contributed by atoms with van der Waals surface area (Å²) in [6, 6.07) is 11.4. The Morgan fingerprint density at radius 2 is 2.00 bits per heavy atom. The molecular formula is C13H11NO4. The van der Waals surface area contributed by atoms with E-state index in [9.17, 15) is 4.79 Å². The highest BCUT2D eigenvalue weighted by Gasteiger charge is 2.06. The fraction of sp³-hybridized carbons (Fsp3) is 0.0769. The maximum Gasteiger partial charge on any atom is 0.354 e. The third kappa shape index (κ3) is 2.83. The molecule has 5 nitrogen and oxygen atoms in total. The number of benzene rings is 1. The molecule has 1 aromatic heterocycles. The SMILES string of the molecule is O=C(O)c1cccc(Oc2cccc(CO)c2)n1. The largest absolute Gasteiger partial charge is 0.477 e. The van der Waals surface area contributed by atoms with Crippen molar-refractivity contribution in [3.8, 4) is 11.6 Å². The highest BCUT2D eigenvalue weighted by atomic mass is 16.5. The Balaban J connectivity index is 2.22. The molecule has 18 heavy (non-hydrogen) atoms. The predicted octanol–water partition coefficient (Wildman–Crippen LogP) is 2.06. The van der Waals surface area contributed by atoms with Gasteiger partial charge in [-0.05, 0) is 23.8 Å². The Morgan fingerprint density at radius 3 is 2.72 bits per heavy atom. The quantitative estimate of drug-likeness (QED) is 0.861. The molecule has 0 spiro atoms. The highest BCUT2D eigenvalue weighted by molar-refractivity contribution is 5.85. The highest BCUT2D eigenvalue weighted by Crippen LogP contribution is 2.20. The summed E-state index contributed by atoms with van der Waals surface area (Å²) < 4.78 is 5.43. The van der Waals surface area contributed by atoms with Gasteiger partial charge in [0.05, 0.1) is 6.61 Å². The van der Waals surface area contributed by atoms with Crippen LogP contribution in [0.1, 0.15) is 16.1 Å². The molecule has 1 aromatic carbocycles. The monoisotopic (exact) mass is 245 g/mol. The summed E-state index contributed by atoms with van der Waals surface area (Å²) in [6.45, 7) is -0.0835. The number of carboxylic acid groups (broad SMARTS) is 1. The average Bonchev–Trinajstić information content (AvgIpc) is 2.39. The number of aromatic carboxylic acids is 1. The van der Waals surface area contributed by atoms with Crippen LogP contribution in [0.4, 0.5) is 0 Å². The van der Waals surface area contributed by atoms with Crippen molar-refractivity contribution in [2.75, 3.05) is 0 Å². The number of hydrogen-bond acceptors (Lipinski definition) is 4. The number of pyridine rings is 1. The summed E-state index contributed by atoms with van der Waals surface area (Å²) in [5, 5.41) is 17.8. The standard InChI is InChI=1S/C13H11NO4/c15-8-9-3-1-4-10(7-9)18-12-6-2-5-11(14-12)13(16)17/h1-7,15H,8H2,(H,16,17). The van der Waals surface area contributed by atoms with Gasteiger partial charge in [-0.15, -0.1) is 0 Å². The van der Waals surface area contributed by atoms with Crippen molar-refractivity contribution in [3.63, 3.8) is 0 Å². The van der Waals surface area contributed by atoms with Gasteiger partial charge in [0.15, 0.2) is 5.69 Å². The molecule has 0 radical (unpaired) electrons. The molecule has 0 bridgehead atoms. The third-order valence-electron chi connectivity index (χ3n) is 2.25. The fourth-order valence-corrected chi connectivity index (χ4v) is 1.42. The number of aromatic nitrogens is 1. The topological polar surface area (TPSA) is 79.7 Å². The molecule has 0 unspecified atom stereocenters. The molecule has 0 aliphatic heterocycles. The predicted molar refractivity (Wildman–Crippen MR) is 63.6 cm³/mol. The minimum Gasteiger partial charge on any atom is -0.477 e. The molecule has 1 heterocycles. The van der Waals surface area contributed by atoms with E-state index in [0.29, 0.717) is 11.3 Å². The number of nitrogens with zero attached hydrogens (tertiary/aromatic N) is 1. The first kappa shape index (κ1) is 12.1. The number of rotatable bonds is 4. The molecule has 2 aromatic rings. The molecule has 2 N–H and O–H groups in total. The Morgan fingerprint density at radius 1 is 1.22 bits per heavy atom. The second-order valence-corrected chi connectivity index (χ2v) is 3.57. The van der Waals surface area contributed by atoms with Crippen molar-refractivity contribution in [3.05, 3.63) is 53.7 Å². The number of aliphatic hydroxyl groups excluding tert-OH is 1. The summed E-state index contributed by atoms with van der Waals surface area (Å²) in [6.07, 6.45) is 0. The van der Waals surface area contributed by atoms with E-state index in [1.807, 2.05) is 0 Å². The van der Waals surface area contributed by atoms with Crippen molar-refractivity contribution >= 4 is 5.97 Å². The van der Waals surface area contributed by atoms with Gasteiger partial charge in [0.2, 0.25) is 5.88 Å². The van der Waals surface area contributed by atoms with Crippen molar-refractivity contribution in [1.82, 2.24) is 4.98 Å². The van der Waals surface area contributed by atoms with E-state index < -0.39 is 5.97 Å². The van der Waals surface area contributed by atoms with Crippen LogP contribution in [0.15, 0.2) is 42.5 Å². The van der Waals surface area contributed by atoms with E-state index in [-0.39, 0.29) is 18.2 Å². The second kappa shape index (κ2) is 5.29. The van der Waals surface area contributed by atoms with Crippen molar-refractivity contribution in [2.24, 2.45) is 0 Å². The fourth-order valence-electron chi connectivity index (χ4n) is 1.42. The Hall–Kier alpha value is -2.40. The van der Waals surface area contributed by atoms with E-state index in [1.165, 1.54) is 6.07 Å². The van der Waals surface area contributed by atoms with Crippen LogP contribution in [-0.2, 0) is 6.61 Å². The summed E-state index contributed by atoms with van der Waals surface area (Å²) in [7, 11) is 0. The molecule has 92 valence electrons. The maximum atomic E-state index is 10.8. The number of ether oxygens (including phenoxy) is 1. The molecular weight excluding hydrogens is 234 g/mol. The van der Waals surface area contributed by atoms with Crippen molar-refractivity contribution < 1.29 is 19.7 Å². The number of aliphatic hydroxyl groups is 1. The van der Waals surface area contributed by atoms with Crippen LogP contribution in [0.5, 0.6) is 11.6 Å². The van der Waals surface area contributed by atoms with E-state index in [2.05, 4.69) is 4.98 Å². The molecule has 2 rings (SSSR count). The molecule has 0 saturated heterocycles. The van der Waals surface area contributed by atoms with Crippen LogP contribution < -0.4 is 4.74 Å². The van der Waals surface area contributed by atoms with Gasteiger partial charge in [0.1, 0.15) is 5.75 Å². The number of carbonyl (C=O) groups is 1.